The average Bonchev–Trinajstić information content (AvgIpc) is 1.87. The summed E-state index contributed by atoms with van der Waals surface area (Å²) in [4.78, 5) is 10.4. The lowest BCUT2D eigenvalue weighted by molar-refractivity contribution is -0.137. The minimum atomic E-state index is -0.374. The van der Waals surface area contributed by atoms with E-state index in [0.29, 0.717) is 6.61 Å². The zero-order valence-corrected chi connectivity index (χ0v) is 6.22. The van der Waals surface area contributed by atoms with Gasteiger partial charge in [0.15, 0.2) is 0 Å². The Kier molecular flexibility index (Phi) is 4.29. The Hall–Kier alpha value is -1.05. The van der Waals surface area contributed by atoms with Gasteiger partial charge in [-0.1, -0.05) is 12.2 Å². The number of carbonyl (C=O) groups is 1. The third kappa shape index (κ3) is 5.09. The van der Waals surface area contributed by atoms with Crippen molar-refractivity contribution in [1.82, 2.24) is 0 Å². The molecule has 56 valence electrons. The van der Waals surface area contributed by atoms with E-state index in [0.717, 1.165) is 18.1 Å². The third-order valence-corrected chi connectivity index (χ3v) is 0.940. The minimum absolute atomic E-state index is 0.374. The van der Waals surface area contributed by atoms with E-state index in [1.54, 1.807) is 0 Å². The summed E-state index contributed by atoms with van der Waals surface area (Å²) < 4.78 is 4.68. The molecule has 0 radical (unpaired) electrons. The van der Waals surface area contributed by atoms with Crippen LogP contribution in [0.3, 0.4) is 0 Å². The lowest BCUT2D eigenvalue weighted by atomic mass is 10.3. The van der Waals surface area contributed by atoms with E-state index < -0.39 is 0 Å². The molecule has 0 heterocycles. The van der Waals surface area contributed by atoms with E-state index in [1.165, 1.54) is 0 Å². The molecule has 0 atom stereocenters. The van der Waals surface area contributed by atoms with Crippen molar-refractivity contribution in [3.8, 4) is 0 Å². The third-order valence-electron chi connectivity index (χ3n) is 0.940. The van der Waals surface area contributed by atoms with Crippen molar-refractivity contribution in [1.29, 1.82) is 0 Å². The first-order valence-electron chi connectivity index (χ1n) is 3.10. The van der Waals surface area contributed by atoms with Crippen LogP contribution in [0.5, 0.6) is 0 Å². The molecule has 0 aliphatic rings. The highest BCUT2D eigenvalue weighted by Gasteiger charge is 1.93. The van der Waals surface area contributed by atoms with Crippen molar-refractivity contribution in [3.63, 3.8) is 0 Å². The molecule has 0 aromatic carbocycles. The van der Waals surface area contributed by atoms with Crippen LogP contribution >= 0.6 is 0 Å². The number of esters is 1. The molecule has 0 bridgehead atoms. The van der Waals surface area contributed by atoms with Crippen molar-refractivity contribution >= 4 is 5.97 Å². The predicted molar refractivity (Wildman–Crippen MR) is 40.6 cm³/mol. The SMILES string of the molecule is C=CC(=O)OCCC(=C)C. The molecule has 0 N–H and O–H groups in total. The molecule has 0 amide bonds. The fraction of sp³-hybridized carbons (Fsp3) is 0.375. The predicted octanol–water partition coefficient (Wildman–Crippen LogP) is 1.68. The molecule has 0 spiro atoms. The van der Waals surface area contributed by atoms with Crippen LogP contribution in [0, 0.1) is 0 Å². The van der Waals surface area contributed by atoms with Crippen molar-refractivity contribution in [2.45, 2.75) is 13.3 Å². The highest BCUT2D eigenvalue weighted by Crippen LogP contribution is 1.95. The van der Waals surface area contributed by atoms with Crippen LogP contribution < -0.4 is 0 Å². The van der Waals surface area contributed by atoms with Gasteiger partial charge >= 0.3 is 5.97 Å². The van der Waals surface area contributed by atoms with Gasteiger partial charge in [0.25, 0.3) is 0 Å². The molecular formula is C8H12O2. The van der Waals surface area contributed by atoms with Crippen LogP contribution in [0.15, 0.2) is 24.8 Å². The van der Waals surface area contributed by atoms with E-state index in [1.807, 2.05) is 6.92 Å². The maximum Gasteiger partial charge on any atom is 0.330 e. The Morgan fingerprint density at radius 1 is 1.70 bits per heavy atom. The van der Waals surface area contributed by atoms with Crippen LogP contribution in [0.1, 0.15) is 13.3 Å². The summed E-state index contributed by atoms with van der Waals surface area (Å²) in [6.45, 7) is 9.22. The Bertz CT molecular complexity index is 147. The summed E-state index contributed by atoms with van der Waals surface area (Å²) in [6, 6.07) is 0. The summed E-state index contributed by atoms with van der Waals surface area (Å²) in [7, 11) is 0. The fourth-order valence-electron chi connectivity index (χ4n) is 0.385. The van der Waals surface area contributed by atoms with Gasteiger partial charge < -0.3 is 4.74 Å². The summed E-state index contributed by atoms with van der Waals surface area (Å²) in [5.41, 5.74) is 1.01. The Labute approximate surface area is 61.2 Å². The van der Waals surface area contributed by atoms with E-state index in [2.05, 4.69) is 17.9 Å². The molecule has 0 rings (SSSR count). The van der Waals surface area contributed by atoms with Gasteiger partial charge in [-0.3, -0.25) is 0 Å². The zero-order chi connectivity index (χ0) is 7.98. The number of carbonyl (C=O) groups excluding carboxylic acids is 1. The minimum Gasteiger partial charge on any atom is -0.462 e. The van der Waals surface area contributed by atoms with Crippen LogP contribution in [0.25, 0.3) is 0 Å². The zero-order valence-electron chi connectivity index (χ0n) is 6.22. The summed E-state index contributed by atoms with van der Waals surface area (Å²) in [5, 5.41) is 0. The fourth-order valence-corrected chi connectivity index (χ4v) is 0.385. The molecule has 0 aliphatic carbocycles. The Morgan fingerprint density at radius 2 is 2.30 bits per heavy atom. The normalized spacial score (nSPS) is 8.50. The molecule has 0 aromatic heterocycles. The smallest absolute Gasteiger partial charge is 0.330 e. The second-order valence-electron chi connectivity index (χ2n) is 2.08. The van der Waals surface area contributed by atoms with Gasteiger partial charge in [0.05, 0.1) is 6.61 Å². The van der Waals surface area contributed by atoms with Gasteiger partial charge in [0.1, 0.15) is 0 Å². The van der Waals surface area contributed by atoms with E-state index in [4.69, 9.17) is 0 Å². The lowest BCUT2D eigenvalue weighted by Crippen LogP contribution is -2.01. The van der Waals surface area contributed by atoms with Crippen LogP contribution in [-0.2, 0) is 9.53 Å². The number of ether oxygens (including phenoxy) is 1. The number of hydrogen-bond acceptors (Lipinski definition) is 2. The highest BCUT2D eigenvalue weighted by atomic mass is 16.5. The van der Waals surface area contributed by atoms with E-state index >= 15 is 0 Å². The Morgan fingerprint density at radius 3 is 2.70 bits per heavy atom. The second-order valence-corrected chi connectivity index (χ2v) is 2.08. The quantitative estimate of drug-likeness (QED) is 0.337. The molecular weight excluding hydrogens is 128 g/mol. The van der Waals surface area contributed by atoms with Crippen LogP contribution in [0.4, 0.5) is 0 Å². The van der Waals surface area contributed by atoms with Crippen LogP contribution in [-0.4, -0.2) is 12.6 Å². The molecule has 0 aromatic rings. The van der Waals surface area contributed by atoms with Crippen molar-refractivity contribution < 1.29 is 9.53 Å². The van der Waals surface area contributed by atoms with E-state index in [9.17, 15) is 4.79 Å². The van der Waals surface area contributed by atoms with Gasteiger partial charge in [0.2, 0.25) is 0 Å². The summed E-state index contributed by atoms with van der Waals surface area (Å²) in [5.74, 6) is -0.374. The molecule has 0 unspecified atom stereocenters. The first-order valence-corrected chi connectivity index (χ1v) is 3.10. The molecule has 0 fully saturated rings. The van der Waals surface area contributed by atoms with Gasteiger partial charge in [-0.05, 0) is 6.92 Å². The summed E-state index contributed by atoms with van der Waals surface area (Å²) in [6.07, 6.45) is 1.87. The number of rotatable bonds is 4. The lowest BCUT2D eigenvalue weighted by Gasteiger charge is -1.99. The largest absolute Gasteiger partial charge is 0.462 e. The average molecular weight is 140 g/mol. The molecule has 0 aliphatic heterocycles. The first kappa shape index (κ1) is 8.95. The van der Waals surface area contributed by atoms with Crippen molar-refractivity contribution in [3.05, 3.63) is 24.8 Å². The maximum atomic E-state index is 10.4. The van der Waals surface area contributed by atoms with Gasteiger partial charge in [-0.15, -0.1) is 6.58 Å². The maximum absolute atomic E-state index is 10.4. The molecule has 0 saturated carbocycles. The topological polar surface area (TPSA) is 26.3 Å². The van der Waals surface area contributed by atoms with Crippen LogP contribution in [0.2, 0.25) is 0 Å². The van der Waals surface area contributed by atoms with Gasteiger partial charge in [0, 0.05) is 12.5 Å². The second kappa shape index (κ2) is 4.79. The van der Waals surface area contributed by atoms with Gasteiger partial charge in [-0.25, -0.2) is 4.79 Å². The molecule has 2 heteroatoms. The highest BCUT2D eigenvalue weighted by molar-refractivity contribution is 5.81. The Balaban J connectivity index is 3.28. The van der Waals surface area contributed by atoms with Crippen molar-refractivity contribution in [2.24, 2.45) is 0 Å². The number of hydrogen-bond donors (Lipinski definition) is 0. The molecule has 2 nitrogen and oxygen atoms in total. The monoisotopic (exact) mass is 140 g/mol. The van der Waals surface area contributed by atoms with Gasteiger partial charge in [-0.2, -0.15) is 0 Å². The molecule has 0 saturated heterocycles. The summed E-state index contributed by atoms with van der Waals surface area (Å²) >= 11 is 0. The van der Waals surface area contributed by atoms with Crippen molar-refractivity contribution in [2.75, 3.05) is 6.61 Å². The molecule has 10 heavy (non-hydrogen) atoms. The standard InChI is InChI=1S/C8H12O2/c1-4-8(9)10-6-5-7(2)3/h4H,1-2,5-6H2,3H3. The first-order chi connectivity index (χ1) is 4.66. The van der Waals surface area contributed by atoms with E-state index in [-0.39, 0.29) is 5.97 Å².